The first kappa shape index (κ1) is 7.38. The SMILES string of the molecule is O=[N+]1C=CN=C2C=c3ccccc3=C21. The Balaban J connectivity index is 2.51. The van der Waals surface area contributed by atoms with Crippen molar-refractivity contribution in [3.05, 3.63) is 52.0 Å². The molecule has 0 radical (unpaired) electrons. The van der Waals surface area contributed by atoms with Crippen LogP contribution in [0.2, 0.25) is 0 Å². The number of fused-ring (bicyclic) bond motifs is 2. The lowest BCUT2D eigenvalue weighted by atomic mass is 10.2. The monoisotopic (exact) mass is 183 g/mol. The molecule has 3 heteroatoms. The highest BCUT2D eigenvalue weighted by Crippen LogP contribution is 2.10. The number of benzene rings is 1. The van der Waals surface area contributed by atoms with Crippen LogP contribution in [0.4, 0.5) is 0 Å². The van der Waals surface area contributed by atoms with Crippen molar-refractivity contribution < 1.29 is 4.76 Å². The molecule has 0 bridgehead atoms. The largest absolute Gasteiger partial charge is 0.296 e. The Labute approximate surface area is 80.0 Å². The first-order valence-electron chi connectivity index (χ1n) is 4.38. The molecule has 2 aliphatic rings. The maximum atomic E-state index is 11.5. The van der Waals surface area contributed by atoms with Crippen molar-refractivity contribution >= 4 is 17.5 Å². The van der Waals surface area contributed by atoms with Gasteiger partial charge in [0.2, 0.25) is 6.20 Å². The van der Waals surface area contributed by atoms with E-state index in [1.54, 1.807) is 0 Å². The summed E-state index contributed by atoms with van der Waals surface area (Å²) in [6.45, 7) is 0. The first-order valence-corrected chi connectivity index (χ1v) is 4.38. The van der Waals surface area contributed by atoms with Crippen LogP contribution in [0.1, 0.15) is 0 Å². The average molecular weight is 183 g/mol. The topological polar surface area (TPSA) is 32.4 Å². The van der Waals surface area contributed by atoms with E-state index in [1.165, 1.54) is 12.4 Å². The van der Waals surface area contributed by atoms with Crippen LogP contribution in [0.3, 0.4) is 0 Å². The van der Waals surface area contributed by atoms with Gasteiger partial charge in [-0.2, -0.15) is 0 Å². The smallest absolute Gasteiger partial charge is 0.243 e. The third-order valence-corrected chi connectivity index (χ3v) is 2.39. The van der Waals surface area contributed by atoms with Crippen LogP contribution < -0.4 is 10.4 Å². The van der Waals surface area contributed by atoms with E-state index >= 15 is 0 Å². The van der Waals surface area contributed by atoms with Gasteiger partial charge in [-0.05, 0) is 17.4 Å². The highest BCUT2D eigenvalue weighted by Gasteiger charge is 2.28. The van der Waals surface area contributed by atoms with E-state index in [1.807, 2.05) is 30.3 Å². The molecule has 0 amide bonds. The normalized spacial score (nSPS) is 17.3. The molecule has 0 unspecified atom stereocenters. The predicted octanol–water partition coefficient (Wildman–Crippen LogP) is 0.294. The molecule has 0 fully saturated rings. The Morgan fingerprint density at radius 1 is 1.21 bits per heavy atom. The quantitative estimate of drug-likeness (QED) is 0.532. The van der Waals surface area contributed by atoms with E-state index in [0.717, 1.165) is 20.9 Å². The lowest BCUT2D eigenvalue weighted by Gasteiger charge is -1.94. The molecule has 0 aromatic heterocycles. The fraction of sp³-hybridized carbons (Fsp3) is 0. The molecule has 1 aromatic carbocycles. The van der Waals surface area contributed by atoms with Crippen LogP contribution in [0.15, 0.2) is 41.7 Å². The van der Waals surface area contributed by atoms with E-state index in [-0.39, 0.29) is 0 Å². The highest BCUT2D eigenvalue weighted by atomic mass is 16.3. The van der Waals surface area contributed by atoms with Gasteiger partial charge in [0, 0.05) is 4.91 Å². The Kier molecular flexibility index (Phi) is 1.31. The minimum absolute atomic E-state index is 0.656. The van der Waals surface area contributed by atoms with Crippen LogP contribution in [-0.2, 0) is 0 Å². The second kappa shape index (κ2) is 2.48. The van der Waals surface area contributed by atoms with E-state index in [9.17, 15) is 4.91 Å². The van der Waals surface area contributed by atoms with Gasteiger partial charge in [-0.3, -0.25) is 0 Å². The third kappa shape index (κ3) is 0.836. The highest BCUT2D eigenvalue weighted by molar-refractivity contribution is 6.33. The summed E-state index contributed by atoms with van der Waals surface area (Å²) in [5.41, 5.74) is 1.41. The lowest BCUT2D eigenvalue weighted by Crippen LogP contribution is -2.25. The average Bonchev–Trinajstić information content (AvgIpc) is 2.57. The van der Waals surface area contributed by atoms with Gasteiger partial charge >= 0.3 is 0 Å². The molecular weight excluding hydrogens is 176 g/mol. The number of aliphatic imine (C=N–C) groups is 1. The second-order valence-corrected chi connectivity index (χ2v) is 3.22. The summed E-state index contributed by atoms with van der Waals surface area (Å²) in [6, 6.07) is 7.80. The zero-order valence-corrected chi connectivity index (χ0v) is 7.34. The molecule has 1 aliphatic carbocycles. The summed E-state index contributed by atoms with van der Waals surface area (Å²) < 4.78 is 0.866. The number of hydrogen-bond acceptors (Lipinski definition) is 2. The van der Waals surface area contributed by atoms with Gasteiger partial charge in [0.25, 0.3) is 5.70 Å². The van der Waals surface area contributed by atoms with E-state index in [2.05, 4.69) is 4.99 Å². The molecule has 3 nitrogen and oxygen atoms in total. The fourth-order valence-electron chi connectivity index (χ4n) is 1.77. The van der Waals surface area contributed by atoms with Crippen molar-refractivity contribution in [2.24, 2.45) is 4.99 Å². The molecular formula is C11H7N2O+. The molecule has 0 N–H and O–H groups in total. The Hall–Kier alpha value is -2.03. The molecule has 3 rings (SSSR count). The molecule has 0 saturated heterocycles. The number of nitroso groups, excluding NO2 is 1. The zero-order chi connectivity index (χ0) is 9.54. The number of nitrogens with zero attached hydrogens (tertiary/aromatic N) is 2. The molecule has 0 spiro atoms. The summed E-state index contributed by atoms with van der Waals surface area (Å²) in [5, 5.41) is 2.02. The molecule has 1 aromatic rings. The van der Waals surface area contributed by atoms with Crippen LogP contribution in [0, 0.1) is 4.91 Å². The lowest BCUT2D eigenvalue weighted by molar-refractivity contribution is -0.373. The zero-order valence-electron chi connectivity index (χ0n) is 7.34. The predicted molar refractivity (Wildman–Crippen MR) is 53.8 cm³/mol. The van der Waals surface area contributed by atoms with Crippen LogP contribution in [0.5, 0.6) is 0 Å². The minimum atomic E-state index is 0.656. The van der Waals surface area contributed by atoms with Gasteiger partial charge in [-0.25, -0.2) is 4.99 Å². The van der Waals surface area contributed by atoms with E-state index in [4.69, 9.17) is 0 Å². The van der Waals surface area contributed by atoms with Crippen LogP contribution in [0.25, 0.3) is 11.8 Å². The molecule has 1 aliphatic heterocycles. The molecule has 66 valence electrons. The Morgan fingerprint density at radius 3 is 3.00 bits per heavy atom. The number of rotatable bonds is 0. The van der Waals surface area contributed by atoms with Crippen molar-refractivity contribution in [3.63, 3.8) is 0 Å². The fourth-order valence-corrected chi connectivity index (χ4v) is 1.77. The standard InChI is InChI=1S/C11H7N2O/c14-13-6-5-12-10-7-8-3-1-2-4-9(8)11(10)13/h1-7H/q+1. The Morgan fingerprint density at radius 2 is 2.07 bits per heavy atom. The summed E-state index contributed by atoms with van der Waals surface area (Å²) in [6.07, 6.45) is 4.88. The summed E-state index contributed by atoms with van der Waals surface area (Å²) in [7, 11) is 0. The van der Waals surface area contributed by atoms with Crippen molar-refractivity contribution in [3.8, 4) is 0 Å². The van der Waals surface area contributed by atoms with Crippen molar-refractivity contribution in [1.82, 2.24) is 0 Å². The van der Waals surface area contributed by atoms with Crippen molar-refractivity contribution in [2.45, 2.75) is 0 Å². The van der Waals surface area contributed by atoms with Gasteiger partial charge < -0.3 is 0 Å². The van der Waals surface area contributed by atoms with Gasteiger partial charge in [0.15, 0.2) is 0 Å². The van der Waals surface area contributed by atoms with Crippen LogP contribution in [-0.4, -0.2) is 10.5 Å². The molecule has 0 atom stereocenters. The molecule has 1 heterocycles. The maximum absolute atomic E-state index is 11.5. The first-order chi connectivity index (χ1) is 6.86. The summed E-state index contributed by atoms with van der Waals surface area (Å²) in [4.78, 5) is 15.7. The van der Waals surface area contributed by atoms with Gasteiger partial charge in [-0.15, -0.1) is 0 Å². The second-order valence-electron chi connectivity index (χ2n) is 3.22. The third-order valence-electron chi connectivity index (χ3n) is 2.39. The van der Waals surface area contributed by atoms with Gasteiger partial charge in [-0.1, -0.05) is 18.2 Å². The number of hydrogen-bond donors (Lipinski definition) is 0. The van der Waals surface area contributed by atoms with Gasteiger partial charge in [0.1, 0.15) is 5.71 Å². The Bertz CT molecular complexity index is 608. The van der Waals surface area contributed by atoms with Gasteiger partial charge in [0.05, 0.1) is 16.2 Å². The van der Waals surface area contributed by atoms with Crippen LogP contribution >= 0.6 is 0 Å². The van der Waals surface area contributed by atoms with E-state index < -0.39 is 0 Å². The van der Waals surface area contributed by atoms with Crippen molar-refractivity contribution in [2.75, 3.05) is 0 Å². The summed E-state index contributed by atoms with van der Waals surface area (Å²) >= 11 is 0. The summed E-state index contributed by atoms with van der Waals surface area (Å²) in [5.74, 6) is 0. The molecule has 14 heavy (non-hydrogen) atoms. The molecule has 0 saturated carbocycles. The van der Waals surface area contributed by atoms with Crippen molar-refractivity contribution in [1.29, 1.82) is 0 Å². The van der Waals surface area contributed by atoms with E-state index in [0.29, 0.717) is 5.70 Å². The minimum Gasteiger partial charge on any atom is -0.243 e. The maximum Gasteiger partial charge on any atom is 0.296 e.